The first kappa shape index (κ1) is 17.2. The number of amides is 1. The topological polar surface area (TPSA) is 32.8 Å². The molecule has 2 unspecified atom stereocenters. The standard InChI is InChI=1S/C20H28N2O2S/c1-20(21-9-3-4-10-21)14-25-12-11-22(20)19(23)18-7-5-15-13-16(24-2)6-8-17(15)18/h6,8,13,18H,3-5,7,9-12,14H2,1-2H3. The van der Waals surface area contributed by atoms with Crippen LogP contribution in [-0.2, 0) is 11.2 Å². The van der Waals surface area contributed by atoms with Gasteiger partial charge in [0.25, 0.3) is 0 Å². The highest BCUT2D eigenvalue weighted by Gasteiger charge is 2.46. The molecule has 2 fully saturated rings. The third-order valence-electron chi connectivity index (χ3n) is 6.20. The number of aryl methyl sites for hydroxylation is 1. The third-order valence-corrected chi connectivity index (χ3v) is 7.42. The minimum atomic E-state index is -0.119. The van der Waals surface area contributed by atoms with Crippen molar-refractivity contribution in [3.8, 4) is 5.75 Å². The minimum absolute atomic E-state index is 0.0194. The number of thioether (sulfide) groups is 1. The molecule has 1 aliphatic carbocycles. The lowest BCUT2D eigenvalue weighted by molar-refractivity contribution is -0.145. The maximum atomic E-state index is 13.5. The van der Waals surface area contributed by atoms with Crippen molar-refractivity contribution in [3.63, 3.8) is 0 Å². The first-order chi connectivity index (χ1) is 12.1. The number of hydrogen-bond donors (Lipinski definition) is 0. The first-order valence-electron chi connectivity index (χ1n) is 9.44. The second-order valence-electron chi connectivity index (χ2n) is 7.61. The van der Waals surface area contributed by atoms with Crippen LogP contribution in [0.4, 0.5) is 0 Å². The predicted molar refractivity (Wildman–Crippen MR) is 102 cm³/mol. The molecular formula is C20H28N2O2S. The van der Waals surface area contributed by atoms with Crippen LogP contribution in [0.2, 0.25) is 0 Å². The molecule has 0 aromatic heterocycles. The Morgan fingerprint density at radius 2 is 2.08 bits per heavy atom. The van der Waals surface area contributed by atoms with Crippen molar-refractivity contribution in [1.82, 2.24) is 9.80 Å². The largest absolute Gasteiger partial charge is 0.497 e. The molecule has 2 atom stereocenters. The zero-order chi connectivity index (χ0) is 17.4. The van der Waals surface area contributed by atoms with Crippen LogP contribution in [0.15, 0.2) is 18.2 Å². The van der Waals surface area contributed by atoms with Gasteiger partial charge in [-0.05, 0) is 55.9 Å². The molecule has 136 valence electrons. The Bertz CT molecular complexity index is 659. The number of hydrogen-bond acceptors (Lipinski definition) is 4. The van der Waals surface area contributed by atoms with E-state index < -0.39 is 0 Å². The molecule has 25 heavy (non-hydrogen) atoms. The smallest absolute Gasteiger partial charge is 0.231 e. The number of methoxy groups -OCH3 is 1. The van der Waals surface area contributed by atoms with E-state index >= 15 is 0 Å². The highest BCUT2D eigenvalue weighted by atomic mass is 32.2. The highest BCUT2D eigenvalue weighted by molar-refractivity contribution is 7.99. The summed E-state index contributed by atoms with van der Waals surface area (Å²) in [6, 6.07) is 6.21. The number of nitrogens with zero attached hydrogens (tertiary/aromatic N) is 2. The van der Waals surface area contributed by atoms with E-state index in [0.29, 0.717) is 5.91 Å². The van der Waals surface area contributed by atoms with Gasteiger partial charge in [-0.25, -0.2) is 0 Å². The Balaban J connectivity index is 1.60. The fraction of sp³-hybridized carbons (Fsp3) is 0.650. The van der Waals surface area contributed by atoms with Crippen molar-refractivity contribution in [3.05, 3.63) is 29.3 Å². The molecule has 0 N–H and O–H groups in total. The fourth-order valence-corrected chi connectivity index (χ4v) is 5.90. The lowest BCUT2D eigenvalue weighted by Gasteiger charge is -2.50. The number of ether oxygens (including phenoxy) is 1. The van der Waals surface area contributed by atoms with Crippen molar-refractivity contribution in [2.45, 2.75) is 44.2 Å². The van der Waals surface area contributed by atoms with Gasteiger partial charge in [-0.1, -0.05) is 6.07 Å². The van der Waals surface area contributed by atoms with Crippen LogP contribution in [0, 0.1) is 0 Å². The molecule has 0 radical (unpaired) electrons. The zero-order valence-corrected chi connectivity index (χ0v) is 16.1. The van der Waals surface area contributed by atoms with Crippen LogP contribution in [-0.4, -0.2) is 59.6 Å². The van der Waals surface area contributed by atoms with E-state index in [-0.39, 0.29) is 11.6 Å². The fourth-order valence-electron chi connectivity index (χ4n) is 4.71. The molecule has 1 aromatic carbocycles. The Labute approximate surface area is 154 Å². The van der Waals surface area contributed by atoms with E-state index in [9.17, 15) is 4.79 Å². The van der Waals surface area contributed by atoms with Gasteiger partial charge in [0.2, 0.25) is 5.91 Å². The van der Waals surface area contributed by atoms with Crippen LogP contribution >= 0.6 is 11.8 Å². The SMILES string of the molecule is COc1ccc2c(c1)CCC2C(=O)N1CCSCC1(C)N1CCCC1. The lowest BCUT2D eigenvalue weighted by Crippen LogP contribution is -2.64. The van der Waals surface area contributed by atoms with Crippen LogP contribution in [0.1, 0.15) is 43.2 Å². The lowest BCUT2D eigenvalue weighted by atomic mass is 9.97. The van der Waals surface area contributed by atoms with Crippen molar-refractivity contribution in [2.24, 2.45) is 0 Å². The van der Waals surface area contributed by atoms with Gasteiger partial charge < -0.3 is 9.64 Å². The molecular weight excluding hydrogens is 332 g/mol. The molecule has 0 spiro atoms. The summed E-state index contributed by atoms with van der Waals surface area (Å²) >= 11 is 1.99. The van der Waals surface area contributed by atoms with E-state index in [2.05, 4.69) is 28.9 Å². The maximum Gasteiger partial charge on any atom is 0.231 e. The Kier molecular flexibility index (Phi) is 4.71. The summed E-state index contributed by atoms with van der Waals surface area (Å²) in [6.07, 6.45) is 4.43. The van der Waals surface area contributed by atoms with Crippen LogP contribution in [0.25, 0.3) is 0 Å². The van der Waals surface area contributed by atoms with Gasteiger partial charge >= 0.3 is 0 Å². The molecule has 2 saturated heterocycles. The number of carbonyl (C=O) groups is 1. The average molecular weight is 361 g/mol. The summed E-state index contributed by atoms with van der Waals surface area (Å²) in [7, 11) is 1.70. The van der Waals surface area contributed by atoms with Gasteiger partial charge in [-0.15, -0.1) is 0 Å². The Hall–Kier alpha value is -1.20. The predicted octanol–water partition coefficient (Wildman–Crippen LogP) is 3.11. The summed E-state index contributed by atoms with van der Waals surface area (Å²) in [6.45, 7) is 5.41. The average Bonchev–Trinajstić information content (AvgIpc) is 3.31. The number of carbonyl (C=O) groups excluding carboxylic acids is 1. The molecule has 2 heterocycles. The van der Waals surface area contributed by atoms with Crippen LogP contribution in [0.5, 0.6) is 5.75 Å². The number of likely N-dealkylation sites (tertiary alicyclic amines) is 1. The highest BCUT2D eigenvalue weighted by Crippen LogP contribution is 2.40. The zero-order valence-electron chi connectivity index (χ0n) is 15.3. The molecule has 1 aromatic rings. The quantitative estimate of drug-likeness (QED) is 0.829. The normalized spacial score (nSPS) is 29.7. The van der Waals surface area contributed by atoms with Gasteiger partial charge in [0.05, 0.1) is 13.0 Å². The molecule has 1 amide bonds. The molecule has 4 rings (SSSR count). The van der Waals surface area contributed by atoms with Crippen molar-refractivity contribution >= 4 is 17.7 Å². The monoisotopic (exact) mass is 360 g/mol. The van der Waals surface area contributed by atoms with E-state index in [1.165, 1.54) is 24.0 Å². The van der Waals surface area contributed by atoms with Gasteiger partial charge in [-0.2, -0.15) is 11.8 Å². The number of rotatable bonds is 3. The van der Waals surface area contributed by atoms with Crippen molar-refractivity contribution in [1.29, 1.82) is 0 Å². The van der Waals surface area contributed by atoms with Crippen molar-refractivity contribution < 1.29 is 9.53 Å². The minimum Gasteiger partial charge on any atom is -0.497 e. The molecule has 3 aliphatic rings. The van der Waals surface area contributed by atoms with E-state index in [1.807, 2.05) is 17.8 Å². The van der Waals surface area contributed by atoms with Gasteiger partial charge in [0, 0.05) is 31.1 Å². The summed E-state index contributed by atoms with van der Waals surface area (Å²) < 4.78 is 5.35. The maximum absolute atomic E-state index is 13.5. The summed E-state index contributed by atoms with van der Waals surface area (Å²) in [5.74, 6) is 3.32. The first-order valence-corrected chi connectivity index (χ1v) is 10.6. The molecule has 2 aliphatic heterocycles. The number of fused-ring (bicyclic) bond motifs is 1. The third kappa shape index (κ3) is 2.95. The van der Waals surface area contributed by atoms with Crippen molar-refractivity contribution in [2.75, 3.05) is 38.2 Å². The Morgan fingerprint density at radius 3 is 2.84 bits per heavy atom. The van der Waals surface area contributed by atoms with E-state index in [0.717, 1.165) is 49.7 Å². The van der Waals surface area contributed by atoms with Crippen LogP contribution < -0.4 is 4.74 Å². The van der Waals surface area contributed by atoms with Gasteiger partial charge in [0.15, 0.2) is 0 Å². The second kappa shape index (κ2) is 6.84. The van der Waals surface area contributed by atoms with E-state index in [1.54, 1.807) is 7.11 Å². The molecule has 5 heteroatoms. The molecule has 0 saturated carbocycles. The summed E-state index contributed by atoms with van der Waals surface area (Å²) in [5.41, 5.74) is 2.38. The van der Waals surface area contributed by atoms with Crippen LogP contribution in [0.3, 0.4) is 0 Å². The van der Waals surface area contributed by atoms with Gasteiger partial charge in [0.1, 0.15) is 11.4 Å². The summed E-state index contributed by atoms with van der Waals surface area (Å²) in [5, 5.41) is 0. The second-order valence-corrected chi connectivity index (χ2v) is 8.71. The van der Waals surface area contributed by atoms with E-state index in [4.69, 9.17) is 4.74 Å². The number of benzene rings is 1. The Morgan fingerprint density at radius 1 is 1.28 bits per heavy atom. The molecule has 4 nitrogen and oxygen atoms in total. The summed E-state index contributed by atoms with van der Waals surface area (Å²) in [4.78, 5) is 18.3. The van der Waals surface area contributed by atoms with Gasteiger partial charge in [-0.3, -0.25) is 9.69 Å². The molecule has 0 bridgehead atoms.